The van der Waals surface area contributed by atoms with Crippen molar-refractivity contribution in [1.29, 1.82) is 0 Å². The lowest BCUT2D eigenvalue weighted by atomic mass is 9.67. The normalized spacial score (nSPS) is 23.4. The van der Waals surface area contributed by atoms with Crippen molar-refractivity contribution < 1.29 is 28.7 Å². The van der Waals surface area contributed by atoms with E-state index in [-0.39, 0.29) is 30.1 Å². The number of fused-ring (bicyclic) bond motifs is 2. The van der Waals surface area contributed by atoms with Gasteiger partial charge < -0.3 is 14.8 Å². The van der Waals surface area contributed by atoms with E-state index in [2.05, 4.69) is 5.32 Å². The van der Waals surface area contributed by atoms with Crippen LogP contribution in [0.15, 0.2) is 6.07 Å². The molecule has 0 unspecified atom stereocenters. The molecule has 7 nitrogen and oxygen atoms in total. The molecule has 3 rings (SSSR count). The fraction of sp³-hybridized carbons (Fsp3) is 0.619. The van der Waals surface area contributed by atoms with E-state index in [1.54, 1.807) is 13.0 Å². The molecule has 0 aromatic carbocycles. The first-order valence-electron chi connectivity index (χ1n) is 10.2. The monoisotopic (exact) mass is 421 g/mol. The molecule has 0 saturated heterocycles. The molecule has 8 heteroatoms. The zero-order valence-electron chi connectivity index (χ0n) is 16.8. The first kappa shape index (κ1) is 21.5. The first-order valence-corrected chi connectivity index (χ1v) is 11.0. The van der Waals surface area contributed by atoms with Crippen molar-refractivity contribution in [3.8, 4) is 0 Å². The maximum Gasteiger partial charge on any atom is 0.341 e. The molecular formula is C21H27NO6S. The van der Waals surface area contributed by atoms with Gasteiger partial charge in [0.05, 0.1) is 18.1 Å². The smallest absolute Gasteiger partial charge is 0.341 e. The summed E-state index contributed by atoms with van der Waals surface area (Å²) in [6, 6.07) is 1.71. The number of hydrogen-bond donors (Lipinski definition) is 1. The van der Waals surface area contributed by atoms with Crippen LogP contribution in [-0.2, 0) is 30.3 Å². The lowest BCUT2D eigenvalue weighted by Gasteiger charge is -2.36. The Balaban J connectivity index is 1.55. The van der Waals surface area contributed by atoms with E-state index in [0.717, 1.165) is 30.6 Å². The predicted molar refractivity (Wildman–Crippen MR) is 108 cm³/mol. The van der Waals surface area contributed by atoms with Gasteiger partial charge in [0.2, 0.25) is 0 Å². The summed E-state index contributed by atoms with van der Waals surface area (Å²) in [4.78, 5) is 49.9. The maximum atomic E-state index is 12.4. The van der Waals surface area contributed by atoms with Gasteiger partial charge in [0.15, 0.2) is 6.61 Å². The Bertz CT molecular complexity index is 785. The Kier molecular flexibility index (Phi) is 7.05. The number of nitrogens with one attached hydrogen (secondary N) is 1. The molecule has 0 spiro atoms. The number of ether oxygens (including phenoxy) is 2. The van der Waals surface area contributed by atoms with Gasteiger partial charge in [-0.05, 0) is 45.1 Å². The van der Waals surface area contributed by atoms with Crippen molar-refractivity contribution >= 4 is 40.0 Å². The SMILES string of the molecule is CCOC(=O)c1cc(CC)sc1NC(=O)COC(=O)C1C[C@H]2CCC[C@H](C1)C2=O. The van der Waals surface area contributed by atoms with Crippen LogP contribution in [0.3, 0.4) is 0 Å². The summed E-state index contributed by atoms with van der Waals surface area (Å²) in [5.74, 6) is -1.53. The number of Topliss-reactive ketones (excluding diaryl/α,β-unsaturated/α-hetero) is 1. The second-order valence-corrected chi connectivity index (χ2v) is 8.72. The fourth-order valence-electron chi connectivity index (χ4n) is 4.16. The number of anilines is 1. The lowest BCUT2D eigenvalue weighted by molar-refractivity contribution is -0.155. The number of carbonyl (C=O) groups excluding carboxylic acids is 4. The van der Waals surface area contributed by atoms with E-state index in [9.17, 15) is 19.2 Å². The Morgan fingerprint density at radius 1 is 1.14 bits per heavy atom. The molecule has 2 bridgehead atoms. The van der Waals surface area contributed by atoms with Gasteiger partial charge in [0.1, 0.15) is 10.8 Å². The van der Waals surface area contributed by atoms with E-state index in [4.69, 9.17) is 9.47 Å². The number of carbonyl (C=O) groups is 4. The molecule has 1 aromatic heterocycles. The molecule has 1 heterocycles. The average Bonchev–Trinajstić information content (AvgIpc) is 3.09. The highest BCUT2D eigenvalue weighted by atomic mass is 32.1. The van der Waals surface area contributed by atoms with Gasteiger partial charge in [-0.25, -0.2) is 4.79 Å². The molecule has 2 saturated carbocycles. The molecule has 0 radical (unpaired) electrons. The van der Waals surface area contributed by atoms with Crippen LogP contribution in [-0.4, -0.2) is 36.8 Å². The molecule has 29 heavy (non-hydrogen) atoms. The minimum atomic E-state index is -0.500. The number of thiophene rings is 1. The molecule has 158 valence electrons. The highest BCUT2D eigenvalue weighted by molar-refractivity contribution is 7.16. The number of amides is 1. The van der Waals surface area contributed by atoms with Gasteiger partial charge in [0.25, 0.3) is 5.91 Å². The zero-order valence-corrected chi connectivity index (χ0v) is 17.6. The molecule has 0 aliphatic heterocycles. The quantitative estimate of drug-likeness (QED) is 0.678. The van der Waals surface area contributed by atoms with Crippen molar-refractivity contribution in [3.63, 3.8) is 0 Å². The molecule has 1 amide bonds. The van der Waals surface area contributed by atoms with E-state index in [1.165, 1.54) is 11.3 Å². The Morgan fingerprint density at radius 2 is 1.83 bits per heavy atom. The highest BCUT2D eigenvalue weighted by Gasteiger charge is 2.41. The van der Waals surface area contributed by atoms with Crippen molar-refractivity contribution in [2.75, 3.05) is 18.5 Å². The molecule has 1 N–H and O–H groups in total. The third-order valence-electron chi connectivity index (χ3n) is 5.61. The van der Waals surface area contributed by atoms with Crippen LogP contribution < -0.4 is 5.32 Å². The molecule has 2 aliphatic rings. The van der Waals surface area contributed by atoms with Crippen molar-refractivity contribution in [2.45, 2.75) is 52.4 Å². The number of rotatable bonds is 7. The Labute approximate surface area is 174 Å². The van der Waals surface area contributed by atoms with Crippen molar-refractivity contribution in [1.82, 2.24) is 0 Å². The van der Waals surface area contributed by atoms with Crippen LogP contribution in [0.5, 0.6) is 0 Å². The van der Waals surface area contributed by atoms with Crippen LogP contribution in [0.2, 0.25) is 0 Å². The van der Waals surface area contributed by atoms with E-state index < -0.39 is 24.5 Å². The molecular weight excluding hydrogens is 394 g/mol. The number of hydrogen-bond acceptors (Lipinski definition) is 7. The predicted octanol–water partition coefficient (Wildman–Crippen LogP) is 3.36. The van der Waals surface area contributed by atoms with Crippen molar-refractivity contribution in [2.24, 2.45) is 17.8 Å². The van der Waals surface area contributed by atoms with Crippen LogP contribution in [0.4, 0.5) is 5.00 Å². The van der Waals surface area contributed by atoms with Crippen molar-refractivity contribution in [3.05, 3.63) is 16.5 Å². The molecule has 2 atom stereocenters. The summed E-state index contributed by atoms with van der Waals surface area (Å²) >= 11 is 1.30. The van der Waals surface area contributed by atoms with Gasteiger partial charge in [-0.1, -0.05) is 13.3 Å². The van der Waals surface area contributed by atoms with Gasteiger partial charge in [0, 0.05) is 16.7 Å². The maximum absolute atomic E-state index is 12.4. The van der Waals surface area contributed by atoms with E-state index >= 15 is 0 Å². The summed E-state index contributed by atoms with van der Waals surface area (Å²) in [5, 5.41) is 3.06. The zero-order chi connectivity index (χ0) is 21.0. The van der Waals surface area contributed by atoms with Gasteiger partial charge >= 0.3 is 11.9 Å². The minimum absolute atomic E-state index is 0.0420. The Morgan fingerprint density at radius 3 is 2.45 bits per heavy atom. The van der Waals surface area contributed by atoms with Gasteiger partial charge in [-0.15, -0.1) is 11.3 Å². The third kappa shape index (κ3) is 5.04. The van der Waals surface area contributed by atoms with Crippen LogP contribution in [0, 0.1) is 17.8 Å². The lowest BCUT2D eigenvalue weighted by Crippen LogP contribution is -2.40. The average molecular weight is 422 g/mol. The number of ketones is 1. The van der Waals surface area contributed by atoms with E-state index in [1.807, 2.05) is 6.92 Å². The van der Waals surface area contributed by atoms with Gasteiger partial charge in [-0.3, -0.25) is 14.4 Å². The van der Waals surface area contributed by atoms with Crippen LogP contribution in [0.25, 0.3) is 0 Å². The number of aryl methyl sites for hydroxylation is 1. The summed E-state index contributed by atoms with van der Waals surface area (Å²) in [6.07, 6.45) is 4.49. The molecule has 2 aliphatic carbocycles. The summed E-state index contributed by atoms with van der Waals surface area (Å²) in [7, 11) is 0. The topological polar surface area (TPSA) is 98.8 Å². The molecule has 2 fully saturated rings. The fourth-order valence-corrected chi connectivity index (χ4v) is 5.16. The summed E-state index contributed by atoms with van der Waals surface area (Å²) in [5.41, 5.74) is 0.312. The summed E-state index contributed by atoms with van der Waals surface area (Å²) < 4.78 is 10.3. The van der Waals surface area contributed by atoms with Gasteiger partial charge in [-0.2, -0.15) is 0 Å². The minimum Gasteiger partial charge on any atom is -0.462 e. The third-order valence-corrected chi connectivity index (χ3v) is 6.80. The van der Waals surface area contributed by atoms with Crippen LogP contribution >= 0.6 is 11.3 Å². The summed E-state index contributed by atoms with van der Waals surface area (Å²) in [6.45, 7) is 3.50. The van der Waals surface area contributed by atoms with Crippen LogP contribution in [0.1, 0.15) is 61.2 Å². The largest absolute Gasteiger partial charge is 0.462 e. The Hall–Kier alpha value is -2.22. The van der Waals surface area contributed by atoms with E-state index in [0.29, 0.717) is 23.4 Å². The standard InChI is InChI=1S/C21H27NO6S/c1-3-15-10-16(21(26)27-4-2)19(29-15)22-17(23)11-28-20(25)14-8-12-6-5-7-13(9-14)18(12)24/h10,12-14H,3-9,11H2,1-2H3,(H,22,23)/t12-,13-/m1/s1. The second-order valence-electron chi connectivity index (χ2n) is 7.58. The first-order chi connectivity index (χ1) is 13.9. The number of esters is 2. The molecule has 1 aromatic rings. The highest BCUT2D eigenvalue weighted by Crippen LogP contribution is 2.40. The second kappa shape index (κ2) is 9.52.